The smallest absolute Gasteiger partial charge is 0.239 e. The van der Waals surface area contributed by atoms with Crippen molar-refractivity contribution in [3.63, 3.8) is 0 Å². The van der Waals surface area contributed by atoms with Crippen LogP contribution in [0.4, 0.5) is 5.82 Å². The van der Waals surface area contributed by atoms with Crippen LogP contribution < -0.4 is 5.32 Å². The van der Waals surface area contributed by atoms with Crippen molar-refractivity contribution < 1.29 is 9.53 Å². The largest absolute Gasteiger partial charge is 0.373 e. The van der Waals surface area contributed by atoms with E-state index in [1.165, 1.54) is 0 Å². The Morgan fingerprint density at radius 1 is 1.27 bits per heavy atom. The summed E-state index contributed by atoms with van der Waals surface area (Å²) >= 11 is 12.2. The van der Waals surface area contributed by atoms with Gasteiger partial charge in [0.1, 0.15) is 0 Å². The van der Waals surface area contributed by atoms with Crippen LogP contribution in [0.15, 0.2) is 24.3 Å². The molecule has 1 aromatic heterocycles. The number of carbonyl (C=O) groups is 1. The number of rotatable bonds is 4. The number of nitrogens with one attached hydrogen (secondary N) is 1. The highest BCUT2D eigenvalue weighted by Crippen LogP contribution is 2.26. The predicted molar refractivity (Wildman–Crippen MR) is 103 cm³/mol. The maximum Gasteiger partial charge on any atom is 0.239 e. The fourth-order valence-corrected chi connectivity index (χ4v) is 3.72. The number of aromatic nitrogens is 2. The maximum atomic E-state index is 12.4. The average Bonchev–Trinajstić information content (AvgIpc) is 2.86. The van der Waals surface area contributed by atoms with Gasteiger partial charge in [-0.2, -0.15) is 0 Å². The van der Waals surface area contributed by atoms with Gasteiger partial charge in [-0.05, 0) is 39.0 Å². The zero-order valence-corrected chi connectivity index (χ0v) is 16.5. The number of aryl methyl sites for hydroxylation is 1. The molecule has 1 fully saturated rings. The van der Waals surface area contributed by atoms with Crippen molar-refractivity contribution in [1.29, 1.82) is 0 Å². The number of benzene rings is 1. The van der Waals surface area contributed by atoms with E-state index in [1.54, 1.807) is 22.9 Å². The first-order chi connectivity index (χ1) is 12.3. The van der Waals surface area contributed by atoms with E-state index in [-0.39, 0.29) is 18.1 Å². The van der Waals surface area contributed by atoms with Crippen LogP contribution in [0.2, 0.25) is 10.0 Å². The molecule has 1 aliphatic rings. The Labute approximate surface area is 163 Å². The lowest BCUT2D eigenvalue weighted by Gasteiger charge is -2.34. The minimum Gasteiger partial charge on any atom is -0.373 e. The Morgan fingerprint density at radius 2 is 1.96 bits per heavy atom. The second kappa shape index (κ2) is 7.96. The number of ether oxygens (including phenoxy) is 1. The highest BCUT2D eigenvalue weighted by Gasteiger charge is 2.24. The van der Waals surface area contributed by atoms with E-state index in [2.05, 4.69) is 15.3 Å². The zero-order valence-electron chi connectivity index (χ0n) is 15.0. The normalized spacial score (nSPS) is 21.0. The number of hydrogen-bond acceptors (Lipinski definition) is 4. The molecule has 26 heavy (non-hydrogen) atoms. The second-order valence-corrected chi connectivity index (χ2v) is 7.52. The number of halogens is 2. The van der Waals surface area contributed by atoms with E-state index in [0.29, 0.717) is 28.1 Å². The standard InChI is InChI=1S/C18H22Cl2N4O2/c1-11-6-17(22-24(11)16-5-4-14(19)7-15(16)20)21-18(25)10-23-8-12(2)26-13(3)9-23/h4-7,12-13H,8-10H2,1-3H3,(H,21,22,25). The third-order valence-electron chi connectivity index (χ3n) is 4.16. The SMILES string of the molecule is Cc1cc(NC(=O)CN2CC(C)OC(C)C2)nn1-c1ccc(Cl)cc1Cl. The molecule has 0 bridgehead atoms. The molecule has 1 N–H and O–H groups in total. The van der Waals surface area contributed by atoms with E-state index < -0.39 is 0 Å². The van der Waals surface area contributed by atoms with Crippen molar-refractivity contribution in [2.45, 2.75) is 33.0 Å². The van der Waals surface area contributed by atoms with Gasteiger partial charge in [0.15, 0.2) is 5.82 Å². The number of nitrogens with zero attached hydrogens (tertiary/aromatic N) is 3. The first kappa shape index (κ1) is 19.2. The lowest BCUT2D eigenvalue weighted by molar-refractivity contribution is -0.121. The molecule has 6 nitrogen and oxygen atoms in total. The summed E-state index contributed by atoms with van der Waals surface area (Å²) in [6.07, 6.45) is 0.250. The predicted octanol–water partition coefficient (Wildman–Crippen LogP) is 3.54. The second-order valence-electron chi connectivity index (χ2n) is 6.68. The van der Waals surface area contributed by atoms with E-state index >= 15 is 0 Å². The van der Waals surface area contributed by atoms with Crippen molar-refractivity contribution in [2.24, 2.45) is 0 Å². The first-order valence-electron chi connectivity index (χ1n) is 8.51. The Balaban J connectivity index is 1.68. The van der Waals surface area contributed by atoms with Crippen molar-refractivity contribution in [3.8, 4) is 5.69 Å². The molecule has 140 valence electrons. The lowest BCUT2D eigenvalue weighted by Crippen LogP contribution is -2.48. The molecule has 2 atom stereocenters. The summed E-state index contributed by atoms with van der Waals surface area (Å²) in [5.74, 6) is 0.394. The monoisotopic (exact) mass is 396 g/mol. The maximum absolute atomic E-state index is 12.4. The summed E-state index contributed by atoms with van der Waals surface area (Å²) in [5.41, 5.74) is 1.57. The molecule has 3 rings (SSSR count). The molecule has 0 radical (unpaired) electrons. The molecule has 1 aromatic carbocycles. The summed E-state index contributed by atoms with van der Waals surface area (Å²) in [7, 11) is 0. The molecule has 0 aliphatic carbocycles. The molecule has 8 heteroatoms. The van der Waals surface area contributed by atoms with Gasteiger partial charge in [-0.15, -0.1) is 5.10 Å². The third kappa shape index (κ3) is 4.57. The van der Waals surface area contributed by atoms with Gasteiger partial charge in [-0.25, -0.2) is 4.68 Å². The minimum atomic E-state index is -0.0989. The molecule has 2 unspecified atom stereocenters. The Bertz CT molecular complexity index is 798. The Kier molecular flexibility index (Phi) is 5.87. The van der Waals surface area contributed by atoms with Gasteiger partial charge in [0.25, 0.3) is 0 Å². The number of amides is 1. The summed E-state index contributed by atoms with van der Waals surface area (Å²) in [6, 6.07) is 7.03. The Hall–Kier alpha value is -1.60. The van der Waals surface area contributed by atoms with Gasteiger partial charge >= 0.3 is 0 Å². The van der Waals surface area contributed by atoms with Crippen LogP contribution in [-0.2, 0) is 9.53 Å². The summed E-state index contributed by atoms with van der Waals surface area (Å²) in [6.45, 7) is 7.73. The summed E-state index contributed by atoms with van der Waals surface area (Å²) in [4.78, 5) is 14.5. The van der Waals surface area contributed by atoms with Crippen LogP contribution in [0, 0.1) is 6.92 Å². The molecule has 1 amide bonds. The Morgan fingerprint density at radius 3 is 2.62 bits per heavy atom. The van der Waals surface area contributed by atoms with Gasteiger partial charge in [0, 0.05) is 29.9 Å². The quantitative estimate of drug-likeness (QED) is 0.858. The van der Waals surface area contributed by atoms with Crippen LogP contribution in [0.3, 0.4) is 0 Å². The van der Waals surface area contributed by atoms with E-state index in [4.69, 9.17) is 27.9 Å². The molecule has 2 heterocycles. The van der Waals surface area contributed by atoms with Gasteiger partial charge in [-0.1, -0.05) is 23.2 Å². The van der Waals surface area contributed by atoms with Gasteiger partial charge in [0.2, 0.25) is 5.91 Å². The van der Waals surface area contributed by atoms with Crippen molar-refractivity contribution in [3.05, 3.63) is 40.0 Å². The number of anilines is 1. The molecule has 2 aromatic rings. The molecular formula is C18H22Cl2N4O2. The average molecular weight is 397 g/mol. The zero-order chi connectivity index (χ0) is 18.8. The molecule has 1 aliphatic heterocycles. The number of carbonyl (C=O) groups excluding carboxylic acids is 1. The van der Waals surface area contributed by atoms with Gasteiger partial charge in [0.05, 0.1) is 29.5 Å². The fourth-order valence-electron chi connectivity index (χ4n) is 3.23. The third-order valence-corrected chi connectivity index (χ3v) is 4.69. The molecule has 1 saturated heterocycles. The van der Waals surface area contributed by atoms with Crippen LogP contribution in [0.1, 0.15) is 19.5 Å². The van der Waals surface area contributed by atoms with Crippen LogP contribution in [-0.4, -0.2) is 52.4 Å². The topological polar surface area (TPSA) is 59.4 Å². The van der Waals surface area contributed by atoms with Gasteiger partial charge < -0.3 is 10.1 Å². The van der Waals surface area contributed by atoms with Crippen LogP contribution >= 0.6 is 23.2 Å². The minimum absolute atomic E-state index is 0.0989. The van der Waals surface area contributed by atoms with Crippen molar-refractivity contribution in [1.82, 2.24) is 14.7 Å². The number of morpholine rings is 1. The molecular weight excluding hydrogens is 375 g/mol. The molecule has 0 saturated carbocycles. The fraction of sp³-hybridized carbons (Fsp3) is 0.444. The lowest BCUT2D eigenvalue weighted by atomic mass is 10.2. The van der Waals surface area contributed by atoms with Crippen LogP contribution in [0.25, 0.3) is 5.69 Å². The van der Waals surface area contributed by atoms with E-state index in [0.717, 1.165) is 18.8 Å². The molecule has 0 spiro atoms. The summed E-state index contributed by atoms with van der Waals surface area (Å²) < 4.78 is 7.38. The van der Waals surface area contributed by atoms with Crippen LogP contribution in [0.5, 0.6) is 0 Å². The first-order valence-corrected chi connectivity index (χ1v) is 9.27. The van der Waals surface area contributed by atoms with Crippen molar-refractivity contribution >= 4 is 34.9 Å². The summed E-state index contributed by atoms with van der Waals surface area (Å²) in [5, 5.41) is 8.36. The highest BCUT2D eigenvalue weighted by molar-refractivity contribution is 6.35. The van der Waals surface area contributed by atoms with Gasteiger partial charge in [-0.3, -0.25) is 9.69 Å². The van der Waals surface area contributed by atoms with E-state index in [1.807, 2.05) is 26.8 Å². The van der Waals surface area contributed by atoms with Crippen molar-refractivity contribution in [2.75, 3.05) is 25.0 Å². The number of hydrogen-bond donors (Lipinski definition) is 1. The highest BCUT2D eigenvalue weighted by atomic mass is 35.5. The van der Waals surface area contributed by atoms with E-state index in [9.17, 15) is 4.79 Å².